The van der Waals surface area contributed by atoms with Crippen LogP contribution in [0.3, 0.4) is 0 Å². The molecule has 3 aromatic rings. The molecule has 3 aromatic carbocycles. The number of aliphatic carboxylic acids is 1. The highest BCUT2D eigenvalue weighted by Gasteiger charge is 2.16. The third-order valence-electron chi connectivity index (χ3n) is 4.40. The molecule has 4 heteroatoms. The molecule has 3 rings (SSSR count). The maximum atomic E-state index is 12.9. The van der Waals surface area contributed by atoms with Gasteiger partial charge in [-0.15, -0.1) is 0 Å². The number of hydrogen-bond donors (Lipinski definition) is 1. The number of hydrogen-bond acceptors (Lipinski definition) is 2. The van der Waals surface area contributed by atoms with Crippen LogP contribution >= 0.6 is 0 Å². The van der Waals surface area contributed by atoms with Gasteiger partial charge in [0.05, 0.1) is 0 Å². The summed E-state index contributed by atoms with van der Waals surface area (Å²) in [6.45, 7) is 0. The predicted molar refractivity (Wildman–Crippen MR) is 112 cm³/mol. The summed E-state index contributed by atoms with van der Waals surface area (Å²) in [6, 6.07) is 21.8. The highest BCUT2D eigenvalue weighted by molar-refractivity contribution is 6.06. The number of carboxylic acid groups (broad SMARTS) is 1. The Bertz CT molecular complexity index is 1030. The normalized spacial score (nSPS) is 12.3. The molecule has 0 aliphatic rings. The molecule has 0 saturated heterocycles. The van der Waals surface area contributed by atoms with Gasteiger partial charge in [0.2, 0.25) is 0 Å². The fraction of sp³-hybridized carbons (Fsp3) is 0.0400. The smallest absolute Gasteiger partial charge is 0.314 e. The maximum Gasteiger partial charge on any atom is 0.314 e. The molecular formula is C25H19FO3. The molecule has 0 aromatic heterocycles. The Morgan fingerprint density at radius 3 is 2.03 bits per heavy atom. The fourth-order valence-corrected chi connectivity index (χ4v) is 2.80. The van der Waals surface area contributed by atoms with Gasteiger partial charge in [0, 0.05) is 5.56 Å². The summed E-state index contributed by atoms with van der Waals surface area (Å²) in [7, 11) is 0. The first kappa shape index (κ1) is 20.0. The van der Waals surface area contributed by atoms with Gasteiger partial charge in [-0.3, -0.25) is 9.59 Å². The van der Waals surface area contributed by atoms with Crippen molar-refractivity contribution in [2.24, 2.45) is 0 Å². The van der Waals surface area contributed by atoms with Crippen LogP contribution in [0.4, 0.5) is 4.39 Å². The molecule has 0 saturated carbocycles. The quantitative estimate of drug-likeness (QED) is 0.425. The van der Waals surface area contributed by atoms with Crippen LogP contribution in [0, 0.1) is 5.82 Å². The molecule has 29 heavy (non-hydrogen) atoms. The summed E-state index contributed by atoms with van der Waals surface area (Å²) in [4.78, 5) is 23.8. The van der Waals surface area contributed by atoms with E-state index in [-0.39, 0.29) is 5.78 Å². The summed E-state index contributed by atoms with van der Waals surface area (Å²) < 4.78 is 12.9. The Labute approximate surface area is 168 Å². The number of carbonyl (C=O) groups is 2. The van der Waals surface area contributed by atoms with Crippen LogP contribution < -0.4 is 0 Å². The highest BCUT2D eigenvalue weighted by atomic mass is 19.1. The van der Waals surface area contributed by atoms with Crippen LogP contribution in [0.15, 0.2) is 91.0 Å². The van der Waals surface area contributed by atoms with E-state index in [4.69, 9.17) is 0 Å². The Morgan fingerprint density at radius 1 is 0.793 bits per heavy atom. The minimum absolute atomic E-state index is 0.233. The van der Waals surface area contributed by atoms with E-state index in [1.54, 1.807) is 42.5 Å². The molecule has 0 amide bonds. The summed E-state index contributed by atoms with van der Waals surface area (Å²) in [5.74, 6) is -2.33. The molecule has 0 spiro atoms. The zero-order valence-corrected chi connectivity index (χ0v) is 15.5. The van der Waals surface area contributed by atoms with Crippen LogP contribution in [0.5, 0.6) is 0 Å². The van der Waals surface area contributed by atoms with E-state index in [9.17, 15) is 19.1 Å². The zero-order valence-electron chi connectivity index (χ0n) is 15.5. The molecular weight excluding hydrogens is 367 g/mol. The van der Waals surface area contributed by atoms with Gasteiger partial charge in [-0.25, -0.2) is 4.39 Å². The minimum atomic E-state index is -0.938. The Balaban J connectivity index is 1.72. The number of allylic oxidation sites excluding steroid dienone is 1. The summed E-state index contributed by atoms with van der Waals surface area (Å²) in [5.41, 5.74) is 2.74. The Kier molecular flexibility index (Phi) is 6.48. The van der Waals surface area contributed by atoms with Gasteiger partial charge in [-0.2, -0.15) is 0 Å². The monoisotopic (exact) mass is 386 g/mol. The molecule has 144 valence electrons. The fourth-order valence-electron chi connectivity index (χ4n) is 2.80. The third kappa shape index (κ3) is 5.59. The van der Waals surface area contributed by atoms with E-state index < -0.39 is 17.7 Å². The van der Waals surface area contributed by atoms with Crippen LogP contribution in [-0.4, -0.2) is 16.9 Å². The van der Waals surface area contributed by atoms with Crippen molar-refractivity contribution in [1.29, 1.82) is 0 Å². The average molecular weight is 386 g/mol. The number of rotatable bonds is 7. The molecule has 0 fully saturated rings. The van der Waals surface area contributed by atoms with E-state index in [1.165, 1.54) is 30.3 Å². The summed E-state index contributed by atoms with van der Waals surface area (Å²) in [5, 5.41) is 9.56. The van der Waals surface area contributed by atoms with Crippen LogP contribution in [0.2, 0.25) is 0 Å². The average Bonchev–Trinajstić information content (AvgIpc) is 2.74. The molecule has 0 bridgehead atoms. The van der Waals surface area contributed by atoms with Gasteiger partial charge >= 0.3 is 5.97 Å². The topological polar surface area (TPSA) is 54.4 Å². The largest absolute Gasteiger partial charge is 0.481 e. The lowest BCUT2D eigenvalue weighted by atomic mass is 9.96. The van der Waals surface area contributed by atoms with Crippen LogP contribution in [0.1, 0.15) is 33.0 Å². The lowest BCUT2D eigenvalue weighted by molar-refractivity contribution is -0.137. The van der Waals surface area contributed by atoms with Gasteiger partial charge in [0.1, 0.15) is 11.7 Å². The lowest BCUT2D eigenvalue weighted by Gasteiger charge is -2.08. The maximum absolute atomic E-state index is 12.9. The second kappa shape index (κ2) is 9.42. The van der Waals surface area contributed by atoms with Crippen LogP contribution in [-0.2, 0) is 4.79 Å². The minimum Gasteiger partial charge on any atom is -0.481 e. The summed E-state index contributed by atoms with van der Waals surface area (Å²) in [6.07, 6.45) is 6.49. The molecule has 0 aliphatic heterocycles. The second-order valence-corrected chi connectivity index (χ2v) is 6.46. The first-order valence-corrected chi connectivity index (χ1v) is 9.07. The highest BCUT2D eigenvalue weighted by Crippen LogP contribution is 2.20. The van der Waals surface area contributed by atoms with Crippen molar-refractivity contribution in [3.63, 3.8) is 0 Å². The zero-order chi connectivity index (χ0) is 20.6. The molecule has 1 unspecified atom stereocenters. The Hall–Kier alpha value is -3.79. The number of benzene rings is 3. The van der Waals surface area contributed by atoms with E-state index in [0.717, 1.165) is 11.1 Å². The summed E-state index contributed by atoms with van der Waals surface area (Å²) >= 11 is 0. The third-order valence-corrected chi connectivity index (χ3v) is 4.40. The molecule has 0 heterocycles. The number of carboxylic acids is 1. The van der Waals surface area contributed by atoms with E-state index in [1.807, 2.05) is 30.3 Å². The van der Waals surface area contributed by atoms with E-state index >= 15 is 0 Å². The molecule has 1 atom stereocenters. The lowest BCUT2D eigenvalue weighted by Crippen LogP contribution is -2.08. The van der Waals surface area contributed by atoms with Crippen molar-refractivity contribution in [3.8, 4) is 0 Å². The number of carbonyl (C=O) groups excluding carboxylic acids is 1. The first-order chi connectivity index (χ1) is 14.0. The standard InChI is InChI=1S/C25H19FO3/c26-22-14-12-21(13-15-22)24(27)17-9-19-6-10-20(11-7-19)23(25(28)29)16-8-18-4-2-1-3-5-18/h1-17,23H,(H,28,29). The molecule has 3 nitrogen and oxygen atoms in total. The number of halogens is 1. The van der Waals surface area contributed by atoms with Gasteiger partial charge < -0.3 is 5.11 Å². The Morgan fingerprint density at radius 2 is 1.41 bits per heavy atom. The van der Waals surface area contributed by atoms with Gasteiger partial charge in [-0.1, -0.05) is 72.8 Å². The molecule has 0 radical (unpaired) electrons. The van der Waals surface area contributed by atoms with Crippen molar-refractivity contribution >= 4 is 23.9 Å². The van der Waals surface area contributed by atoms with Gasteiger partial charge in [0.15, 0.2) is 5.78 Å². The van der Waals surface area contributed by atoms with E-state index in [2.05, 4.69) is 0 Å². The van der Waals surface area contributed by atoms with Crippen LogP contribution in [0.25, 0.3) is 12.2 Å². The predicted octanol–water partition coefficient (Wildman–Crippen LogP) is 5.60. The van der Waals surface area contributed by atoms with Crippen molar-refractivity contribution < 1.29 is 19.1 Å². The van der Waals surface area contributed by atoms with Gasteiger partial charge in [-0.05, 0) is 47.0 Å². The SMILES string of the molecule is O=C(C=Cc1ccc(C(C=Cc2ccccc2)C(=O)O)cc1)c1ccc(F)cc1. The molecule has 1 N–H and O–H groups in total. The van der Waals surface area contributed by atoms with Crippen molar-refractivity contribution in [2.75, 3.05) is 0 Å². The van der Waals surface area contributed by atoms with Gasteiger partial charge in [0.25, 0.3) is 0 Å². The first-order valence-electron chi connectivity index (χ1n) is 9.07. The number of ketones is 1. The molecule has 0 aliphatic carbocycles. The van der Waals surface area contributed by atoms with Crippen molar-refractivity contribution in [1.82, 2.24) is 0 Å². The van der Waals surface area contributed by atoms with E-state index in [0.29, 0.717) is 11.1 Å². The van der Waals surface area contributed by atoms with Crippen molar-refractivity contribution in [3.05, 3.63) is 119 Å². The van der Waals surface area contributed by atoms with Crippen molar-refractivity contribution in [2.45, 2.75) is 5.92 Å². The second-order valence-electron chi connectivity index (χ2n) is 6.46.